The van der Waals surface area contributed by atoms with E-state index in [1.165, 1.54) is 0 Å². The van der Waals surface area contributed by atoms with Gasteiger partial charge in [0.15, 0.2) is 5.78 Å². The van der Waals surface area contributed by atoms with Crippen LogP contribution in [0.25, 0.3) is 0 Å². The standard InChI is InChI=1S/C27H31N3O4/c1-15-7-10-22(28-14-15)30-26(32)23-16(2)29-19-12-27(3,4)13-20(31)25(19)24(23)18-9-8-17(33-5)11-21(18)34-6/h7-11,14,24,29H,12-13H2,1-6H3,(H,28,30,32)/t24-/m0/s1. The molecule has 1 aromatic carbocycles. The molecule has 0 spiro atoms. The van der Waals surface area contributed by atoms with Gasteiger partial charge in [0, 0.05) is 46.8 Å². The van der Waals surface area contributed by atoms with Gasteiger partial charge in [-0.15, -0.1) is 0 Å². The van der Waals surface area contributed by atoms with E-state index in [-0.39, 0.29) is 17.1 Å². The summed E-state index contributed by atoms with van der Waals surface area (Å²) in [6, 6.07) is 9.13. The maximum absolute atomic E-state index is 13.6. The summed E-state index contributed by atoms with van der Waals surface area (Å²) in [5, 5.41) is 6.29. The van der Waals surface area contributed by atoms with Crippen molar-refractivity contribution in [3.05, 3.63) is 70.2 Å². The fourth-order valence-electron chi connectivity index (χ4n) is 4.83. The molecule has 2 heterocycles. The number of allylic oxidation sites excluding steroid dienone is 3. The second-order valence-corrected chi connectivity index (χ2v) is 9.71. The second-order valence-electron chi connectivity index (χ2n) is 9.71. The van der Waals surface area contributed by atoms with Crippen LogP contribution in [0, 0.1) is 12.3 Å². The smallest absolute Gasteiger partial charge is 0.255 e. The molecule has 0 saturated heterocycles. The van der Waals surface area contributed by atoms with Gasteiger partial charge in [0.05, 0.1) is 20.1 Å². The maximum atomic E-state index is 13.6. The molecule has 2 aromatic rings. The SMILES string of the molecule is COc1ccc([C@H]2C(C(=O)Nc3ccc(C)cn3)=C(C)NC3=C2C(=O)CC(C)(C)C3)c(OC)c1. The molecule has 7 heteroatoms. The lowest BCUT2D eigenvalue weighted by Crippen LogP contribution is -2.39. The molecular weight excluding hydrogens is 430 g/mol. The van der Waals surface area contributed by atoms with Gasteiger partial charge in [-0.25, -0.2) is 4.98 Å². The van der Waals surface area contributed by atoms with Crippen molar-refractivity contribution in [1.82, 2.24) is 10.3 Å². The van der Waals surface area contributed by atoms with E-state index >= 15 is 0 Å². The molecule has 4 rings (SSSR count). The number of methoxy groups -OCH3 is 2. The number of ketones is 1. The molecule has 1 aliphatic heterocycles. The number of ether oxygens (including phenoxy) is 2. The van der Waals surface area contributed by atoms with E-state index in [2.05, 4.69) is 29.5 Å². The van der Waals surface area contributed by atoms with Gasteiger partial charge in [-0.05, 0) is 43.4 Å². The number of Topliss-reactive ketones (excluding diaryl/α,β-unsaturated/α-hetero) is 1. The van der Waals surface area contributed by atoms with Crippen LogP contribution in [0.1, 0.15) is 50.7 Å². The molecule has 34 heavy (non-hydrogen) atoms. The predicted octanol–water partition coefficient (Wildman–Crippen LogP) is 4.65. The highest BCUT2D eigenvalue weighted by atomic mass is 16.5. The van der Waals surface area contributed by atoms with Gasteiger partial charge in [0.25, 0.3) is 5.91 Å². The summed E-state index contributed by atoms with van der Waals surface area (Å²) in [7, 11) is 3.16. The number of carbonyl (C=O) groups excluding carboxylic acids is 2. The molecule has 1 amide bonds. The molecule has 0 unspecified atom stereocenters. The highest BCUT2D eigenvalue weighted by Gasteiger charge is 2.43. The van der Waals surface area contributed by atoms with Crippen LogP contribution in [0.4, 0.5) is 5.82 Å². The number of hydrogen-bond acceptors (Lipinski definition) is 6. The fraction of sp³-hybridized carbons (Fsp3) is 0.370. The molecule has 2 aliphatic rings. The number of nitrogens with one attached hydrogen (secondary N) is 2. The van der Waals surface area contributed by atoms with Gasteiger partial charge in [-0.1, -0.05) is 26.0 Å². The lowest BCUT2D eigenvalue weighted by Gasteiger charge is -2.40. The number of pyridine rings is 1. The molecule has 1 atom stereocenters. The third kappa shape index (κ3) is 4.42. The van der Waals surface area contributed by atoms with E-state index in [9.17, 15) is 9.59 Å². The second kappa shape index (κ2) is 8.97. The zero-order chi connectivity index (χ0) is 24.6. The topological polar surface area (TPSA) is 89.5 Å². The predicted molar refractivity (Wildman–Crippen MR) is 131 cm³/mol. The van der Waals surface area contributed by atoms with E-state index in [0.29, 0.717) is 40.6 Å². The lowest BCUT2D eigenvalue weighted by molar-refractivity contribution is -0.118. The van der Waals surface area contributed by atoms with Crippen molar-refractivity contribution in [2.75, 3.05) is 19.5 Å². The van der Waals surface area contributed by atoms with Crippen molar-refractivity contribution in [2.24, 2.45) is 5.41 Å². The summed E-state index contributed by atoms with van der Waals surface area (Å²) in [4.78, 5) is 31.4. The summed E-state index contributed by atoms with van der Waals surface area (Å²) in [5.74, 6) is 0.789. The molecule has 1 aliphatic carbocycles. The van der Waals surface area contributed by atoms with Gasteiger partial charge in [-0.2, -0.15) is 0 Å². The number of dihydropyridines is 1. The van der Waals surface area contributed by atoms with Crippen molar-refractivity contribution in [2.45, 2.75) is 46.5 Å². The quantitative estimate of drug-likeness (QED) is 0.674. The van der Waals surface area contributed by atoms with Gasteiger partial charge in [0.2, 0.25) is 0 Å². The summed E-state index contributed by atoms with van der Waals surface area (Å²) in [6.07, 6.45) is 2.83. The Morgan fingerprint density at radius 1 is 1.12 bits per heavy atom. The van der Waals surface area contributed by atoms with Crippen LogP contribution in [-0.4, -0.2) is 30.9 Å². The van der Waals surface area contributed by atoms with E-state index in [1.54, 1.807) is 32.5 Å². The Kier molecular flexibility index (Phi) is 6.21. The number of carbonyl (C=O) groups is 2. The molecule has 178 valence electrons. The average Bonchev–Trinajstić information content (AvgIpc) is 2.78. The number of aromatic nitrogens is 1. The third-order valence-corrected chi connectivity index (χ3v) is 6.39. The molecule has 0 fully saturated rings. The first-order chi connectivity index (χ1) is 16.1. The number of nitrogens with zero attached hydrogens (tertiary/aromatic N) is 1. The number of rotatable bonds is 5. The lowest BCUT2D eigenvalue weighted by atomic mass is 9.68. The van der Waals surface area contributed by atoms with Crippen molar-refractivity contribution in [3.8, 4) is 11.5 Å². The van der Waals surface area contributed by atoms with Gasteiger partial charge in [0.1, 0.15) is 17.3 Å². The summed E-state index contributed by atoms with van der Waals surface area (Å²) >= 11 is 0. The number of amides is 1. The Hall–Kier alpha value is -3.61. The average molecular weight is 462 g/mol. The van der Waals surface area contributed by atoms with Crippen molar-refractivity contribution >= 4 is 17.5 Å². The minimum absolute atomic E-state index is 0.0351. The highest BCUT2D eigenvalue weighted by molar-refractivity contribution is 6.09. The first-order valence-corrected chi connectivity index (χ1v) is 11.3. The summed E-state index contributed by atoms with van der Waals surface area (Å²) in [6.45, 7) is 7.98. The Morgan fingerprint density at radius 2 is 1.88 bits per heavy atom. The van der Waals surface area contributed by atoms with Crippen LogP contribution in [0.2, 0.25) is 0 Å². The molecule has 7 nitrogen and oxygen atoms in total. The third-order valence-electron chi connectivity index (χ3n) is 6.39. The van der Waals surface area contributed by atoms with Crippen LogP contribution in [0.3, 0.4) is 0 Å². The molecule has 1 aromatic heterocycles. The summed E-state index contributed by atoms with van der Waals surface area (Å²) in [5.41, 5.74) is 4.24. The van der Waals surface area contributed by atoms with Crippen LogP contribution >= 0.6 is 0 Å². The largest absolute Gasteiger partial charge is 0.497 e. The number of benzene rings is 1. The van der Waals surface area contributed by atoms with Gasteiger partial charge < -0.3 is 20.1 Å². The Balaban J connectivity index is 1.85. The Bertz CT molecular complexity index is 1210. The van der Waals surface area contributed by atoms with Crippen LogP contribution in [0.5, 0.6) is 11.5 Å². The van der Waals surface area contributed by atoms with Gasteiger partial charge in [-0.3, -0.25) is 9.59 Å². The zero-order valence-electron chi connectivity index (χ0n) is 20.5. The summed E-state index contributed by atoms with van der Waals surface area (Å²) < 4.78 is 11.1. The van der Waals surface area contributed by atoms with Crippen molar-refractivity contribution in [1.29, 1.82) is 0 Å². The monoisotopic (exact) mass is 461 g/mol. The number of hydrogen-bond donors (Lipinski definition) is 2. The van der Waals surface area contributed by atoms with Crippen LogP contribution < -0.4 is 20.1 Å². The zero-order valence-corrected chi connectivity index (χ0v) is 20.5. The molecule has 0 bridgehead atoms. The Morgan fingerprint density at radius 3 is 2.53 bits per heavy atom. The van der Waals surface area contributed by atoms with Gasteiger partial charge >= 0.3 is 0 Å². The van der Waals surface area contributed by atoms with E-state index in [0.717, 1.165) is 23.2 Å². The first-order valence-electron chi connectivity index (χ1n) is 11.3. The van der Waals surface area contributed by atoms with E-state index < -0.39 is 5.92 Å². The number of aryl methyl sites for hydroxylation is 1. The molecule has 2 N–H and O–H groups in total. The Labute approximate surface area is 200 Å². The normalized spacial score (nSPS) is 19.4. The van der Waals surface area contributed by atoms with Crippen molar-refractivity contribution in [3.63, 3.8) is 0 Å². The number of anilines is 1. The first kappa shape index (κ1) is 23.5. The molecule has 0 saturated carbocycles. The maximum Gasteiger partial charge on any atom is 0.255 e. The van der Waals surface area contributed by atoms with Crippen LogP contribution in [-0.2, 0) is 9.59 Å². The van der Waals surface area contributed by atoms with Crippen molar-refractivity contribution < 1.29 is 19.1 Å². The molecule has 0 radical (unpaired) electrons. The van der Waals surface area contributed by atoms with E-state index in [4.69, 9.17) is 9.47 Å². The molecular formula is C27H31N3O4. The van der Waals surface area contributed by atoms with Crippen LogP contribution in [0.15, 0.2) is 59.1 Å². The fourth-order valence-corrected chi connectivity index (χ4v) is 4.83. The minimum Gasteiger partial charge on any atom is -0.497 e. The highest BCUT2D eigenvalue weighted by Crippen LogP contribution is 2.49. The minimum atomic E-state index is -0.578. The van der Waals surface area contributed by atoms with E-state index in [1.807, 2.05) is 32.0 Å².